The van der Waals surface area contributed by atoms with Crippen LogP contribution in [0.15, 0.2) is 21.1 Å². The molecule has 122 valence electrons. The van der Waals surface area contributed by atoms with Gasteiger partial charge >= 0.3 is 18.1 Å². The van der Waals surface area contributed by atoms with Gasteiger partial charge in [-0.1, -0.05) is 0 Å². The molecule has 10 heteroatoms. The van der Waals surface area contributed by atoms with Gasteiger partial charge in [-0.15, -0.1) is 0 Å². The van der Waals surface area contributed by atoms with Crippen molar-refractivity contribution in [3.8, 4) is 5.75 Å². The van der Waals surface area contributed by atoms with Crippen molar-refractivity contribution >= 4 is 43.8 Å². The Morgan fingerprint density at radius 1 is 1.27 bits per heavy atom. The van der Waals surface area contributed by atoms with Crippen LogP contribution in [0.5, 0.6) is 5.75 Å². The molecule has 0 unspecified atom stereocenters. The molecule has 0 saturated heterocycles. The standard InChI is InChI=1S/C12H10Br2F3NO4/c1-21-10(19)8(18)4-5-2-6(13)9(7(14)3-5)22-11(20)12(15,16)17/h2-3,8H,4,18H2,1H3/t8-/m0/s1. The maximum atomic E-state index is 12.2. The number of hydrogen-bond acceptors (Lipinski definition) is 5. The summed E-state index contributed by atoms with van der Waals surface area (Å²) >= 11 is 6.01. The summed E-state index contributed by atoms with van der Waals surface area (Å²) in [4.78, 5) is 22.1. The Hall–Kier alpha value is -1.13. The molecule has 1 aromatic carbocycles. The molecule has 1 aromatic rings. The lowest BCUT2D eigenvalue weighted by Crippen LogP contribution is -2.33. The van der Waals surface area contributed by atoms with Crippen LogP contribution in [0.1, 0.15) is 5.56 Å². The van der Waals surface area contributed by atoms with Crippen molar-refractivity contribution in [1.29, 1.82) is 0 Å². The number of halogens is 5. The minimum Gasteiger partial charge on any atom is -0.468 e. The highest BCUT2D eigenvalue weighted by Gasteiger charge is 2.42. The molecule has 0 spiro atoms. The van der Waals surface area contributed by atoms with E-state index in [4.69, 9.17) is 5.73 Å². The van der Waals surface area contributed by atoms with E-state index in [9.17, 15) is 22.8 Å². The van der Waals surface area contributed by atoms with Gasteiger partial charge in [-0.3, -0.25) is 4.79 Å². The van der Waals surface area contributed by atoms with Gasteiger partial charge in [0.1, 0.15) is 6.04 Å². The van der Waals surface area contributed by atoms with E-state index in [2.05, 4.69) is 41.3 Å². The van der Waals surface area contributed by atoms with Crippen molar-refractivity contribution in [2.75, 3.05) is 7.11 Å². The molecule has 1 atom stereocenters. The highest BCUT2D eigenvalue weighted by atomic mass is 79.9. The molecule has 0 heterocycles. The summed E-state index contributed by atoms with van der Waals surface area (Å²) in [5.41, 5.74) is 6.13. The predicted molar refractivity (Wildman–Crippen MR) is 77.2 cm³/mol. The normalized spacial score (nSPS) is 12.7. The number of methoxy groups -OCH3 is 1. The van der Waals surface area contributed by atoms with E-state index in [1.165, 1.54) is 19.2 Å². The van der Waals surface area contributed by atoms with Gasteiger partial charge in [0, 0.05) is 0 Å². The lowest BCUT2D eigenvalue weighted by atomic mass is 10.1. The number of carbonyl (C=O) groups excluding carboxylic acids is 2. The third-order valence-corrected chi connectivity index (χ3v) is 3.62. The SMILES string of the molecule is COC(=O)[C@@H](N)Cc1cc(Br)c(OC(=O)C(F)(F)F)c(Br)c1. The second-order valence-corrected chi connectivity index (χ2v) is 5.82. The van der Waals surface area contributed by atoms with Gasteiger partial charge in [0.25, 0.3) is 0 Å². The smallest absolute Gasteiger partial charge is 0.468 e. The summed E-state index contributed by atoms with van der Waals surface area (Å²) < 4.78 is 45.6. The minimum absolute atomic E-state index is 0.0946. The highest BCUT2D eigenvalue weighted by molar-refractivity contribution is 9.11. The Labute approximate surface area is 140 Å². The third kappa shape index (κ3) is 4.96. The quantitative estimate of drug-likeness (QED) is 0.566. The molecule has 0 aliphatic carbocycles. The average Bonchev–Trinajstić information content (AvgIpc) is 2.40. The Kier molecular flexibility index (Phi) is 6.38. The second kappa shape index (κ2) is 7.42. The van der Waals surface area contributed by atoms with Crippen molar-refractivity contribution in [3.05, 3.63) is 26.6 Å². The fraction of sp³-hybridized carbons (Fsp3) is 0.333. The van der Waals surface area contributed by atoms with Gasteiger partial charge in [0.05, 0.1) is 16.1 Å². The summed E-state index contributed by atoms with van der Waals surface area (Å²) in [6, 6.07) is 1.87. The zero-order valence-corrected chi connectivity index (χ0v) is 14.2. The number of hydrogen-bond donors (Lipinski definition) is 1. The number of esters is 2. The lowest BCUT2D eigenvalue weighted by Gasteiger charge is -2.13. The summed E-state index contributed by atoms with van der Waals surface area (Å²) in [6.07, 6.45) is -5.01. The van der Waals surface area contributed by atoms with Gasteiger partial charge in [-0.2, -0.15) is 13.2 Å². The maximum Gasteiger partial charge on any atom is 0.491 e. The molecular formula is C12H10Br2F3NO4. The number of ether oxygens (including phenoxy) is 2. The van der Waals surface area contributed by atoms with Crippen LogP contribution in [0.25, 0.3) is 0 Å². The summed E-state index contributed by atoms with van der Waals surface area (Å²) in [5, 5.41) is 0. The Morgan fingerprint density at radius 2 is 1.77 bits per heavy atom. The van der Waals surface area contributed by atoms with E-state index in [0.29, 0.717) is 5.56 Å². The first-order valence-corrected chi connectivity index (χ1v) is 7.25. The zero-order valence-electron chi connectivity index (χ0n) is 11.0. The van der Waals surface area contributed by atoms with Crippen molar-refractivity contribution in [1.82, 2.24) is 0 Å². The van der Waals surface area contributed by atoms with E-state index in [1.54, 1.807) is 0 Å². The maximum absolute atomic E-state index is 12.2. The van der Waals surface area contributed by atoms with Crippen LogP contribution in [0, 0.1) is 0 Å². The third-order valence-electron chi connectivity index (χ3n) is 2.44. The molecule has 0 aromatic heterocycles. The number of alkyl halides is 3. The highest BCUT2D eigenvalue weighted by Crippen LogP contribution is 2.36. The van der Waals surface area contributed by atoms with E-state index in [-0.39, 0.29) is 21.1 Å². The summed E-state index contributed by atoms with van der Waals surface area (Å²) in [5.74, 6) is -3.29. The van der Waals surface area contributed by atoms with Crippen LogP contribution in [-0.2, 0) is 20.7 Å². The molecule has 0 aliphatic heterocycles. The number of benzene rings is 1. The summed E-state index contributed by atoms with van der Waals surface area (Å²) in [6.45, 7) is 0. The Morgan fingerprint density at radius 3 is 2.18 bits per heavy atom. The van der Waals surface area contributed by atoms with E-state index >= 15 is 0 Å². The van der Waals surface area contributed by atoms with Crippen LogP contribution in [0.4, 0.5) is 13.2 Å². The fourth-order valence-electron chi connectivity index (χ4n) is 1.47. The number of rotatable bonds is 4. The number of carbonyl (C=O) groups is 2. The molecule has 0 radical (unpaired) electrons. The van der Waals surface area contributed by atoms with Gasteiger partial charge in [-0.05, 0) is 56.0 Å². The molecule has 0 fully saturated rings. The first kappa shape index (κ1) is 18.9. The van der Waals surface area contributed by atoms with Crippen molar-refractivity contribution in [2.45, 2.75) is 18.6 Å². The molecule has 0 amide bonds. The predicted octanol–water partition coefficient (Wildman–Crippen LogP) is 2.72. The van der Waals surface area contributed by atoms with Gasteiger partial charge in [0.2, 0.25) is 0 Å². The molecule has 1 rings (SSSR count). The molecule has 2 N–H and O–H groups in total. The molecule has 0 saturated carbocycles. The van der Waals surface area contributed by atoms with Gasteiger partial charge < -0.3 is 15.2 Å². The fourth-order valence-corrected chi connectivity index (χ4v) is 2.91. The van der Waals surface area contributed by atoms with Gasteiger partial charge in [0.15, 0.2) is 5.75 Å². The van der Waals surface area contributed by atoms with Crippen LogP contribution in [0.3, 0.4) is 0 Å². The zero-order chi connectivity index (χ0) is 17.1. The average molecular weight is 449 g/mol. The summed E-state index contributed by atoms with van der Waals surface area (Å²) in [7, 11) is 1.19. The van der Waals surface area contributed by atoms with Crippen LogP contribution < -0.4 is 10.5 Å². The molecule has 0 aliphatic rings. The molecule has 0 bridgehead atoms. The first-order chi connectivity index (χ1) is 10.1. The Balaban J connectivity index is 2.98. The molecule has 5 nitrogen and oxygen atoms in total. The monoisotopic (exact) mass is 447 g/mol. The number of nitrogens with two attached hydrogens (primary N) is 1. The largest absolute Gasteiger partial charge is 0.491 e. The minimum atomic E-state index is -5.11. The van der Waals surface area contributed by atoms with Crippen LogP contribution in [-0.4, -0.2) is 31.3 Å². The van der Waals surface area contributed by atoms with E-state index < -0.39 is 24.2 Å². The van der Waals surface area contributed by atoms with Crippen molar-refractivity contribution in [3.63, 3.8) is 0 Å². The van der Waals surface area contributed by atoms with Crippen LogP contribution in [0.2, 0.25) is 0 Å². The second-order valence-electron chi connectivity index (χ2n) is 4.11. The van der Waals surface area contributed by atoms with Crippen molar-refractivity contribution in [2.24, 2.45) is 5.73 Å². The van der Waals surface area contributed by atoms with E-state index in [1.807, 2.05) is 0 Å². The topological polar surface area (TPSA) is 78.6 Å². The van der Waals surface area contributed by atoms with E-state index in [0.717, 1.165) is 0 Å². The Bertz CT molecular complexity index is 569. The molecule has 22 heavy (non-hydrogen) atoms. The van der Waals surface area contributed by atoms with Crippen molar-refractivity contribution < 1.29 is 32.2 Å². The first-order valence-electron chi connectivity index (χ1n) is 5.66. The lowest BCUT2D eigenvalue weighted by molar-refractivity contribution is -0.189. The van der Waals surface area contributed by atoms with Gasteiger partial charge in [-0.25, -0.2) is 4.79 Å². The van der Waals surface area contributed by atoms with Crippen LogP contribution >= 0.6 is 31.9 Å². The molecular weight excluding hydrogens is 439 g/mol.